The zero-order chi connectivity index (χ0) is 13.9. The summed E-state index contributed by atoms with van der Waals surface area (Å²) in [5.74, 6) is 1.44. The van der Waals surface area contributed by atoms with Gasteiger partial charge in [0.05, 0.1) is 20.8 Å². The van der Waals surface area contributed by atoms with E-state index in [0.29, 0.717) is 12.4 Å². The van der Waals surface area contributed by atoms with E-state index in [-0.39, 0.29) is 0 Å². The van der Waals surface area contributed by atoms with Gasteiger partial charge >= 0.3 is 0 Å². The van der Waals surface area contributed by atoms with Gasteiger partial charge < -0.3 is 24.3 Å². The molecule has 0 amide bonds. The van der Waals surface area contributed by atoms with Gasteiger partial charge in [0.2, 0.25) is 0 Å². The van der Waals surface area contributed by atoms with Crippen molar-refractivity contribution >= 4 is 5.69 Å². The van der Waals surface area contributed by atoms with Gasteiger partial charge in [0, 0.05) is 38.6 Å². The van der Waals surface area contributed by atoms with Gasteiger partial charge in [0.15, 0.2) is 11.5 Å². The maximum Gasteiger partial charge on any atom is 0.162 e. The highest BCUT2D eigenvalue weighted by molar-refractivity contribution is 5.54. The molecule has 0 saturated carbocycles. The summed E-state index contributed by atoms with van der Waals surface area (Å²) in [6.45, 7) is 2.88. The lowest BCUT2D eigenvalue weighted by Crippen LogP contribution is -2.10. The summed E-state index contributed by atoms with van der Waals surface area (Å²) in [7, 11) is 4.94. The maximum atomic E-state index is 5.46. The first kappa shape index (κ1) is 15.6. The lowest BCUT2D eigenvalue weighted by atomic mass is 10.2. The Morgan fingerprint density at radius 2 is 1.74 bits per heavy atom. The molecule has 108 valence electrons. The van der Waals surface area contributed by atoms with Crippen molar-refractivity contribution in [3.8, 4) is 11.5 Å². The second-order valence-corrected chi connectivity index (χ2v) is 3.96. The van der Waals surface area contributed by atoms with Crippen molar-refractivity contribution in [3.05, 3.63) is 18.2 Å². The first-order valence-electron chi connectivity index (χ1n) is 6.34. The van der Waals surface area contributed by atoms with Gasteiger partial charge in [0.1, 0.15) is 0 Å². The van der Waals surface area contributed by atoms with E-state index in [4.69, 9.17) is 18.9 Å². The molecule has 19 heavy (non-hydrogen) atoms. The zero-order valence-electron chi connectivity index (χ0n) is 11.9. The standard InChI is InChI=1S/C14H23NO4/c1-16-8-4-9-19-10-7-15-12-5-6-13(17-2)14(11-12)18-3/h5-6,11,15H,4,7-10H2,1-3H3. The third kappa shape index (κ3) is 5.81. The fourth-order valence-corrected chi connectivity index (χ4v) is 1.62. The second kappa shape index (κ2) is 9.47. The molecule has 0 atom stereocenters. The van der Waals surface area contributed by atoms with Crippen LogP contribution < -0.4 is 14.8 Å². The molecule has 0 unspecified atom stereocenters. The quantitative estimate of drug-likeness (QED) is 0.660. The molecule has 0 aromatic heterocycles. The van der Waals surface area contributed by atoms with Gasteiger partial charge in [-0.3, -0.25) is 0 Å². The van der Waals surface area contributed by atoms with E-state index >= 15 is 0 Å². The molecule has 0 aliphatic carbocycles. The van der Waals surface area contributed by atoms with Crippen molar-refractivity contribution in [1.82, 2.24) is 0 Å². The van der Waals surface area contributed by atoms with Crippen LogP contribution in [0.3, 0.4) is 0 Å². The van der Waals surface area contributed by atoms with Crippen LogP contribution in [-0.4, -0.2) is 47.7 Å². The van der Waals surface area contributed by atoms with Gasteiger partial charge in [-0.2, -0.15) is 0 Å². The first-order chi connectivity index (χ1) is 9.31. The van der Waals surface area contributed by atoms with Crippen LogP contribution in [0.4, 0.5) is 5.69 Å². The zero-order valence-corrected chi connectivity index (χ0v) is 11.9. The van der Waals surface area contributed by atoms with E-state index in [2.05, 4.69) is 5.32 Å². The van der Waals surface area contributed by atoms with Crippen LogP contribution in [0.1, 0.15) is 6.42 Å². The Bertz CT molecular complexity index is 357. The van der Waals surface area contributed by atoms with Crippen LogP contribution in [-0.2, 0) is 9.47 Å². The smallest absolute Gasteiger partial charge is 0.162 e. The molecule has 0 saturated heterocycles. The molecular weight excluding hydrogens is 246 g/mol. The molecule has 0 heterocycles. The lowest BCUT2D eigenvalue weighted by molar-refractivity contribution is 0.109. The van der Waals surface area contributed by atoms with E-state index < -0.39 is 0 Å². The Kier molecular flexibility index (Phi) is 7.77. The Labute approximate surface area is 114 Å². The van der Waals surface area contributed by atoms with Gasteiger partial charge in [-0.25, -0.2) is 0 Å². The average Bonchev–Trinajstić information content (AvgIpc) is 2.46. The molecule has 1 N–H and O–H groups in total. The number of benzene rings is 1. The number of hydrogen-bond acceptors (Lipinski definition) is 5. The Morgan fingerprint density at radius 3 is 2.42 bits per heavy atom. The molecule has 0 aliphatic rings. The molecule has 0 radical (unpaired) electrons. The summed E-state index contributed by atoms with van der Waals surface area (Å²) in [6.07, 6.45) is 0.923. The highest BCUT2D eigenvalue weighted by Gasteiger charge is 2.03. The third-order valence-electron chi connectivity index (χ3n) is 2.60. The fourth-order valence-electron chi connectivity index (χ4n) is 1.62. The summed E-state index contributed by atoms with van der Waals surface area (Å²) < 4.78 is 20.8. The molecule has 1 aromatic carbocycles. The average molecular weight is 269 g/mol. The monoisotopic (exact) mass is 269 g/mol. The van der Waals surface area contributed by atoms with E-state index in [0.717, 1.165) is 37.6 Å². The van der Waals surface area contributed by atoms with Crippen LogP contribution in [0, 0.1) is 0 Å². The van der Waals surface area contributed by atoms with Crippen molar-refractivity contribution in [2.45, 2.75) is 6.42 Å². The van der Waals surface area contributed by atoms with Crippen LogP contribution in [0.2, 0.25) is 0 Å². The van der Waals surface area contributed by atoms with Crippen LogP contribution in [0.25, 0.3) is 0 Å². The van der Waals surface area contributed by atoms with Gasteiger partial charge in [0.25, 0.3) is 0 Å². The Morgan fingerprint density at radius 1 is 0.947 bits per heavy atom. The highest BCUT2D eigenvalue weighted by Crippen LogP contribution is 2.29. The van der Waals surface area contributed by atoms with Crippen molar-refractivity contribution in [2.24, 2.45) is 0 Å². The van der Waals surface area contributed by atoms with Crippen molar-refractivity contribution in [1.29, 1.82) is 0 Å². The van der Waals surface area contributed by atoms with Crippen molar-refractivity contribution in [3.63, 3.8) is 0 Å². The molecule has 0 spiro atoms. The number of nitrogens with one attached hydrogen (secondary N) is 1. The van der Waals surface area contributed by atoms with E-state index in [1.807, 2.05) is 18.2 Å². The number of rotatable bonds is 10. The Balaban J connectivity index is 2.26. The van der Waals surface area contributed by atoms with E-state index in [9.17, 15) is 0 Å². The maximum absolute atomic E-state index is 5.46. The molecule has 1 aromatic rings. The topological polar surface area (TPSA) is 49.0 Å². The number of methoxy groups -OCH3 is 3. The van der Waals surface area contributed by atoms with E-state index in [1.165, 1.54) is 0 Å². The normalized spacial score (nSPS) is 10.3. The number of ether oxygens (including phenoxy) is 4. The highest BCUT2D eigenvalue weighted by atomic mass is 16.5. The Hall–Kier alpha value is -1.46. The summed E-state index contributed by atoms with van der Waals surface area (Å²) in [6, 6.07) is 5.73. The van der Waals surface area contributed by atoms with Crippen LogP contribution >= 0.6 is 0 Å². The van der Waals surface area contributed by atoms with Crippen molar-refractivity contribution < 1.29 is 18.9 Å². The predicted octanol–water partition coefficient (Wildman–Crippen LogP) is 2.17. The largest absolute Gasteiger partial charge is 0.493 e. The molecule has 0 bridgehead atoms. The number of hydrogen-bond donors (Lipinski definition) is 1. The molecule has 5 heteroatoms. The molecule has 0 aliphatic heterocycles. The van der Waals surface area contributed by atoms with E-state index in [1.54, 1.807) is 21.3 Å². The van der Waals surface area contributed by atoms with Gasteiger partial charge in [-0.1, -0.05) is 0 Å². The fraction of sp³-hybridized carbons (Fsp3) is 0.571. The SMILES string of the molecule is COCCCOCCNc1ccc(OC)c(OC)c1. The lowest BCUT2D eigenvalue weighted by Gasteiger charge is -2.11. The summed E-state index contributed by atoms with van der Waals surface area (Å²) in [5.41, 5.74) is 0.984. The molecular formula is C14H23NO4. The van der Waals surface area contributed by atoms with Crippen LogP contribution in [0.15, 0.2) is 18.2 Å². The molecule has 1 rings (SSSR count). The summed E-state index contributed by atoms with van der Waals surface area (Å²) in [4.78, 5) is 0. The minimum absolute atomic E-state index is 0.665. The first-order valence-corrected chi connectivity index (χ1v) is 6.34. The third-order valence-corrected chi connectivity index (χ3v) is 2.60. The summed E-state index contributed by atoms with van der Waals surface area (Å²) >= 11 is 0. The van der Waals surface area contributed by atoms with Gasteiger partial charge in [-0.15, -0.1) is 0 Å². The second-order valence-electron chi connectivity index (χ2n) is 3.96. The molecule has 5 nitrogen and oxygen atoms in total. The van der Waals surface area contributed by atoms with Crippen LogP contribution in [0.5, 0.6) is 11.5 Å². The minimum atomic E-state index is 0.665. The predicted molar refractivity (Wildman–Crippen MR) is 75.3 cm³/mol. The van der Waals surface area contributed by atoms with Crippen molar-refractivity contribution in [2.75, 3.05) is 53.0 Å². The summed E-state index contributed by atoms with van der Waals surface area (Å²) in [5, 5.41) is 3.27. The van der Waals surface area contributed by atoms with Gasteiger partial charge in [-0.05, 0) is 18.6 Å². The molecule has 0 fully saturated rings. The minimum Gasteiger partial charge on any atom is -0.493 e. The number of anilines is 1.